The molecule has 1 aliphatic rings. The summed E-state index contributed by atoms with van der Waals surface area (Å²) in [6, 6.07) is 14.2. The number of aryl methyl sites for hydroxylation is 1. The van der Waals surface area contributed by atoms with E-state index in [1.165, 1.54) is 0 Å². The summed E-state index contributed by atoms with van der Waals surface area (Å²) in [6.07, 6.45) is 2.50. The zero-order valence-corrected chi connectivity index (χ0v) is 18.9. The normalized spacial score (nSPS) is 18.8. The Labute approximate surface area is 179 Å². The van der Waals surface area contributed by atoms with Crippen LogP contribution in [0.5, 0.6) is 0 Å². The van der Waals surface area contributed by atoms with Gasteiger partial charge in [0.15, 0.2) is 0 Å². The van der Waals surface area contributed by atoms with Crippen molar-refractivity contribution in [1.29, 1.82) is 0 Å². The molecule has 162 valence electrons. The van der Waals surface area contributed by atoms with E-state index in [1.807, 2.05) is 52.0 Å². The Kier molecular flexibility index (Phi) is 6.68. The number of carbonyl (C=O) groups excluding carboxylic acids is 1. The first-order valence-corrected chi connectivity index (χ1v) is 11.8. The van der Waals surface area contributed by atoms with Gasteiger partial charge in [0.1, 0.15) is 5.60 Å². The molecule has 0 spiro atoms. The first-order valence-electron chi connectivity index (χ1n) is 10.4. The van der Waals surface area contributed by atoms with Gasteiger partial charge >= 0.3 is 5.97 Å². The summed E-state index contributed by atoms with van der Waals surface area (Å²) in [5.41, 5.74) is 2.11. The molecule has 0 unspecified atom stereocenters. The second kappa shape index (κ2) is 8.90. The highest BCUT2D eigenvalue weighted by atomic mass is 32.2. The second-order valence-electron chi connectivity index (χ2n) is 8.92. The number of rotatable bonds is 8. The number of ether oxygens (including phenoxy) is 1. The molecular formula is C24H30O5S. The van der Waals surface area contributed by atoms with Crippen molar-refractivity contribution in [1.82, 2.24) is 0 Å². The molecule has 2 aromatic rings. The zero-order valence-electron chi connectivity index (χ0n) is 18.1. The Balaban J connectivity index is 1.51. The summed E-state index contributed by atoms with van der Waals surface area (Å²) in [5.74, 6) is 0.443. The van der Waals surface area contributed by atoms with Crippen LogP contribution in [0.1, 0.15) is 67.4 Å². The van der Waals surface area contributed by atoms with E-state index in [4.69, 9.17) is 8.92 Å². The summed E-state index contributed by atoms with van der Waals surface area (Å²) in [4.78, 5) is 12.7. The van der Waals surface area contributed by atoms with Crippen molar-refractivity contribution in [3.05, 3.63) is 65.2 Å². The van der Waals surface area contributed by atoms with Crippen molar-refractivity contribution >= 4 is 16.1 Å². The van der Waals surface area contributed by atoms with Crippen LogP contribution in [0.4, 0.5) is 0 Å². The van der Waals surface area contributed by atoms with E-state index in [2.05, 4.69) is 0 Å². The van der Waals surface area contributed by atoms with Crippen LogP contribution in [0.15, 0.2) is 53.4 Å². The Morgan fingerprint density at radius 3 is 2.40 bits per heavy atom. The highest BCUT2D eigenvalue weighted by Crippen LogP contribution is 2.51. The maximum absolute atomic E-state index is 12.5. The zero-order chi connectivity index (χ0) is 21.9. The average Bonchev–Trinajstić information content (AvgIpc) is 3.44. The average molecular weight is 431 g/mol. The van der Waals surface area contributed by atoms with Gasteiger partial charge in [0.2, 0.25) is 0 Å². The molecular weight excluding hydrogens is 400 g/mol. The monoisotopic (exact) mass is 430 g/mol. The van der Waals surface area contributed by atoms with Gasteiger partial charge in [-0.25, -0.2) is 4.79 Å². The first kappa shape index (κ1) is 22.5. The van der Waals surface area contributed by atoms with Crippen molar-refractivity contribution in [2.24, 2.45) is 5.92 Å². The molecule has 1 fully saturated rings. The minimum absolute atomic E-state index is 0.160. The number of esters is 1. The second-order valence-corrected chi connectivity index (χ2v) is 10.5. The smallest absolute Gasteiger partial charge is 0.338 e. The third-order valence-electron chi connectivity index (χ3n) is 5.17. The fraction of sp³-hybridized carbons (Fsp3) is 0.458. The van der Waals surface area contributed by atoms with Gasteiger partial charge in [-0.3, -0.25) is 4.18 Å². The fourth-order valence-corrected chi connectivity index (χ4v) is 4.52. The Bertz CT molecular complexity index is 987. The van der Waals surface area contributed by atoms with Crippen molar-refractivity contribution in [3.8, 4) is 0 Å². The van der Waals surface area contributed by atoms with E-state index in [1.54, 1.807) is 24.3 Å². The Morgan fingerprint density at radius 1 is 1.07 bits per heavy atom. The summed E-state index contributed by atoms with van der Waals surface area (Å²) in [7, 11) is -3.72. The van der Waals surface area contributed by atoms with Crippen LogP contribution in [0.3, 0.4) is 0 Å². The maximum Gasteiger partial charge on any atom is 0.338 e. The van der Waals surface area contributed by atoms with Crippen LogP contribution >= 0.6 is 0 Å². The van der Waals surface area contributed by atoms with Crippen LogP contribution in [-0.2, 0) is 19.0 Å². The van der Waals surface area contributed by atoms with Crippen molar-refractivity contribution in [2.45, 2.75) is 63.4 Å². The summed E-state index contributed by atoms with van der Waals surface area (Å²) >= 11 is 0. The lowest BCUT2D eigenvalue weighted by Crippen LogP contribution is -2.24. The van der Waals surface area contributed by atoms with E-state index >= 15 is 0 Å². The predicted molar refractivity (Wildman–Crippen MR) is 116 cm³/mol. The van der Waals surface area contributed by atoms with Gasteiger partial charge in [0.25, 0.3) is 10.1 Å². The van der Waals surface area contributed by atoms with Gasteiger partial charge in [-0.1, -0.05) is 35.9 Å². The molecule has 0 bridgehead atoms. The first-order chi connectivity index (χ1) is 14.1. The quantitative estimate of drug-likeness (QED) is 0.325. The van der Waals surface area contributed by atoms with Crippen LogP contribution in [0.2, 0.25) is 0 Å². The highest BCUT2D eigenvalue weighted by molar-refractivity contribution is 7.86. The standard InChI is InChI=1S/C24H30O5S/c1-17-11-13-19(14-12-17)30(26,27)28-15-7-8-18-16-22(18)20-9-5-6-10-21(20)23(25)29-24(2,3)4/h5-6,9-14,18,22H,7-8,15-16H2,1-4H3/t18-,22-/m1/s1. The van der Waals surface area contributed by atoms with Gasteiger partial charge in [-0.05, 0) is 82.6 Å². The molecule has 30 heavy (non-hydrogen) atoms. The summed E-state index contributed by atoms with van der Waals surface area (Å²) in [5, 5.41) is 0. The van der Waals surface area contributed by atoms with Gasteiger partial charge in [-0.15, -0.1) is 0 Å². The molecule has 0 aromatic heterocycles. The highest BCUT2D eigenvalue weighted by Gasteiger charge is 2.40. The summed E-state index contributed by atoms with van der Waals surface area (Å²) < 4.78 is 35.2. The largest absolute Gasteiger partial charge is 0.456 e. The molecule has 1 aliphatic carbocycles. The van der Waals surface area contributed by atoms with Gasteiger partial charge in [-0.2, -0.15) is 8.42 Å². The van der Waals surface area contributed by atoms with E-state index in [0.717, 1.165) is 24.0 Å². The molecule has 1 saturated carbocycles. The van der Waals surface area contributed by atoms with Crippen LogP contribution in [0, 0.1) is 12.8 Å². The third-order valence-corrected chi connectivity index (χ3v) is 6.50. The maximum atomic E-state index is 12.5. The number of hydrogen-bond acceptors (Lipinski definition) is 5. The lowest BCUT2D eigenvalue weighted by Gasteiger charge is -2.20. The lowest BCUT2D eigenvalue weighted by atomic mass is 10.0. The van der Waals surface area contributed by atoms with Crippen LogP contribution in [0.25, 0.3) is 0 Å². The molecule has 5 nitrogen and oxygen atoms in total. The molecule has 0 heterocycles. The van der Waals surface area contributed by atoms with E-state index in [0.29, 0.717) is 23.8 Å². The van der Waals surface area contributed by atoms with Gasteiger partial charge in [0, 0.05) is 0 Å². The molecule has 6 heteroatoms. The lowest BCUT2D eigenvalue weighted by molar-refractivity contribution is 0.00681. The Morgan fingerprint density at radius 2 is 1.73 bits per heavy atom. The Hall–Kier alpha value is -2.18. The molecule has 2 aromatic carbocycles. The molecule has 3 rings (SSSR count). The minimum Gasteiger partial charge on any atom is -0.456 e. The van der Waals surface area contributed by atoms with Crippen LogP contribution in [-0.4, -0.2) is 26.6 Å². The van der Waals surface area contributed by atoms with E-state index in [9.17, 15) is 13.2 Å². The van der Waals surface area contributed by atoms with E-state index in [-0.39, 0.29) is 17.5 Å². The summed E-state index contributed by atoms with van der Waals surface area (Å²) in [6.45, 7) is 7.64. The number of benzene rings is 2. The minimum atomic E-state index is -3.72. The number of carbonyl (C=O) groups is 1. The third kappa shape index (κ3) is 5.92. The number of hydrogen-bond donors (Lipinski definition) is 0. The van der Waals surface area contributed by atoms with Crippen molar-refractivity contribution in [3.63, 3.8) is 0 Å². The molecule has 0 radical (unpaired) electrons. The molecule has 0 N–H and O–H groups in total. The SMILES string of the molecule is Cc1ccc(S(=O)(=O)OCCC[C@@H]2C[C@H]2c2ccccc2C(=O)OC(C)(C)C)cc1. The van der Waals surface area contributed by atoms with Crippen LogP contribution < -0.4 is 0 Å². The van der Waals surface area contributed by atoms with Crippen molar-refractivity contribution < 1.29 is 22.1 Å². The fourth-order valence-electron chi connectivity index (χ4n) is 3.57. The molecule has 0 saturated heterocycles. The predicted octanol–water partition coefficient (Wildman–Crippen LogP) is 5.24. The molecule has 2 atom stereocenters. The van der Waals surface area contributed by atoms with Gasteiger partial charge < -0.3 is 4.74 Å². The van der Waals surface area contributed by atoms with E-state index < -0.39 is 15.7 Å². The molecule has 0 amide bonds. The van der Waals surface area contributed by atoms with Gasteiger partial charge in [0.05, 0.1) is 17.1 Å². The van der Waals surface area contributed by atoms with Crippen molar-refractivity contribution in [2.75, 3.05) is 6.61 Å². The molecule has 0 aliphatic heterocycles. The topological polar surface area (TPSA) is 69.7 Å².